The van der Waals surface area contributed by atoms with Crippen LogP contribution in [0.3, 0.4) is 0 Å². The molecule has 0 unspecified atom stereocenters. The molecule has 0 radical (unpaired) electrons. The van der Waals surface area contributed by atoms with Gasteiger partial charge in [-0.1, -0.05) is 6.07 Å². The van der Waals surface area contributed by atoms with Gasteiger partial charge in [0.1, 0.15) is 0 Å². The Morgan fingerprint density at radius 2 is 1.23 bits per heavy atom. The number of carbonyl (C=O) groups excluding carboxylic acids is 1. The van der Waals surface area contributed by atoms with Gasteiger partial charge in [0.2, 0.25) is 0 Å². The number of rotatable bonds is 11. The number of carboxylic acid groups (broad SMARTS) is 1. The van der Waals surface area contributed by atoms with E-state index in [1.807, 2.05) is 64.2 Å². The maximum absolute atomic E-state index is 9.14. The van der Waals surface area contributed by atoms with Crippen LogP contribution >= 0.6 is 20.0 Å². The van der Waals surface area contributed by atoms with Crippen molar-refractivity contribution in [1.29, 1.82) is 0 Å². The summed E-state index contributed by atoms with van der Waals surface area (Å²) in [5.74, 6) is 3.04. The van der Waals surface area contributed by atoms with Crippen LogP contribution in [0, 0.1) is 0 Å². The molecule has 0 aliphatic rings. The molecule has 0 N–H and O–H groups in total. The Morgan fingerprint density at radius 3 is 1.70 bits per heavy atom. The van der Waals surface area contributed by atoms with Crippen LogP contribution in [0.15, 0.2) is 42.6 Å². The Labute approximate surface area is 307 Å². The zero-order valence-corrected chi connectivity index (χ0v) is 31.8. The van der Waals surface area contributed by atoms with Crippen molar-refractivity contribution in [2.24, 2.45) is 0 Å². The molecule has 3 aromatic rings. The number of fused-ring (bicyclic) bond motifs is 1. The fourth-order valence-electron chi connectivity index (χ4n) is 3.32. The van der Waals surface area contributed by atoms with Gasteiger partial charge in [0.15, 0.2) is 23.0 Å². The molecule has 0 spiro atoms. The molecular formula is C25H30ClNNa3O9P. The second-order valence-electron chi connectivity index (χ2n) is 7.23. The number of nitrogens with zero attached hydrogens (tertiary/aromatic N) is 1. The first-order valence-corrected chi connectivity index (χ1v) is 13.0. The van der Waals surface area contributed by atoms with Crippen LogP contribution in [0.25, 0.3) is 10.8 Å². The third-order valence-corrected chi connectivity index (χ3v) is 5.16. The Kier molecular flexibility index (Phi) is 25.0. The first kappa shape index (κ1) is 44.4. The summed E-state index contributed by atoms with van der Waals surface area (Å²) in [7, 11) is -5.43. The minimum absolute atomic E-state index is 0. The molecule has 1 aromatic heterocycles. The van der Waals surface area contributed by atoms with Gasteiger partial charge in [-0.25, -0.2) is 0 Å². The third kappa shape index (κ3) is 14.0. The van der Waals surface area contributed by atoms with Crippen LogP contribution in [-0.2, 0) is 11.0 Å². The minimum Gasteiger partial charge on any atom is -0.807 e. The first-order chi connectivity index (χ1) is 17.1. The fraction of sp³-hybridized carbons (Fsp3) is 0.360. The summed E-state index contributed by atoms with van der Waals surface area (Å²) in [6.45, 7) is 10.3. The van der Waals surface area contributed by atoms with E-state index in [0.29, 0.717) is 32.8 Å². The average molecular weight is 624 g/mol. The molecule has 0 aliphatic heterocycles. The number of hydrogen-bond donors (Lipinski definition) is 0. The maximum atomic E-state index is 9.14. The van der Waals surface area contributed by atoms with Gasteiger partial charge < -0.3 is 43.2 Å². The number of benzene rings is 2. The predicted molar refractivity (Wildman–Crippen MR) is 136 cm³/mol. The zero-order valence-electron chi connectivity index (χ0n) is 24.1. The predicted octanol–water partition coefficient (Wildman–Crippen LogP) is -5.90. The third-order valence-electron chi connectivity index (χ3n) is 4.71. The van der Waals surface area contributed by atoms with Crippen molar-refractivity contribution < 1.29 is 132 Å². The number of aromatic nitrogens is 1. The van der Waals surface area contributed by atoms with E-state index in [-0.39, 0.29) is 101 Å². The van der Waals surface area contributed by atoms with Gasteiger partial charge in [-0.2, -0.15) is 0 Å². The van der Waals surface area contributed by atoms with Crippen molar-refractivity contribution in [3.63, 3.8) is 0 Å². The van der Waals surface area contributed by atoms with Gasteiger partial charge >= 0.3 is 88.7 Å². The summed E-state index contributed by atoms with van der Waals surface area (Å²) in [6.07, 6.45) is 2.52. The van der Waals surface area contributed by atoms with Gasteiger partial charge in [-0.3, -0.25) is 4.98 Å². The molecule has 0 saturated heterocycles. The second-order valence-corrected chi connectivity index (χ2v) is 8.59. The molecular weight excluding hydrogens is 594 g/mol. The van der Waals surface area contributed by atoms with Crippen molar-refractivity contribution in [3.8, 4) is 23.0 Å². The topological polar surface area (TPSA) is 153 Å². The van der Waals surface area contributed by atoms with E-state index in [1.54, 1.807) is 0 Å². The van der Waals surface area contributed by atoms with E-state index in [0.717, 1.165) is 45.0 Å². The van der Waals surface area contributed by atoms with Crippen LogP contribution in [0.2, 0.25) is 0 Å². The molecule has 0 amide bonds. The van der Waals surface area contributed by atoms with E-state index < -0.39 is 13.3 Å². The number of halogens is 1. The summed E-state index contributed by atoms with van der Waals surface area (Å²) in [5.41, 5.74) is -0.464. The maximum Gasteiger partial charge on any atom is 1.00 e. The fourth-order valence-corrected chi connectivity index (χ4v) is 3.32. The van der Waals surface area contributed by atoms with Gasteiger partial charge in [-0.15, -0.1) is 12.4 Å². The first-order valence-electron chi connectivity index (χ1n) is 11.4. The van der Waals surface area contributed by atoms with E-state index in [9.17, 15) is 0 Å². The normalized spacial score (nSPS) is 9.75. The van der Waals surface area contributed by atoms with Crippen molar-refractivity contribution in [2.45, 2.75) is 34.1 Å². The Bertz CT molecular complexity index is 1230. The summed E-state index contributed by atoms with van der Waals surface area (Å²) >= 11 is 0. The van der Waals surface area contributed by atoms with Crippen molar-refractivity contribution in [2.75, 3.05) is 26.4 Å². The summed E-state index contributed by atoms with van der Waals surface area (Å²) in [4.78, 5) is 31.9. The SMILES string of the molecule is CCOc1ccc(Cc2nccc3cc(OCC)c(OCC)cc23)cc1OCC.Cl.O=C([O-])P(=O)([O-])[O-].[Na+].[Na+].[Na+]. The smallest absolute Gasteiger partial charge is 0.807 e. The Balaban J connectivity index is -0.00000111. The Hall–Kier alpha value is -0.0400. The van der Waals surface area contributed by atoms with Crippen LogP contribution in [0.5, 0.6) is 23.0 Å². The molecule has 204 valence electrons. The number of hydrogen-bond acceptors (Lipinski definition) is 10. The molecule has 15 heteroatoms. The largest absolute Gasteiger partial charge is 1.00 e. The molecule has 0 saturated carbocycles. The van der Waals surface area contributed by atoms with Gasteiger partial charge in [0.25, 0.3) is 0 Å². The molecule has 2 aromatic carbocycles. The molecule has 0 fully saturated rings. The molecule has 10 nitrogen and oxygen atoms in total. The number of pyridine rings is 1. The van der Waals surface area contributed by atoms with Gasteiger partial charge in [0.05, 0.1) is 37.8 Å². The molecule has 0 aliphatic carbocycles. The summed E-state index contributed by atoms with van der Waals surface area (Å²) in [5, 5.41) is 11.2. The Morgan fingerprint density at radius 1 is 0.775 bits per heavy atom. The van der Waals surface area contributed by atoms with Crippen molar-refractivity contribution in [3.05, 3.63) is 53.9 Å². The van der Waals surface area contributed by atoms with Crippen LogP contribution in [0.1, 0.15) is 39.0 Å². The zero-order chi connectivity index (χ0) is 26.7. The number of ether oxygens (including phenoxy) is 4. The van der Waals surface area contributed by atoms with E-state index in [2.05, 4.69) is 11.1 Å². The molecule has 0 atom stereocenters. The van der Waals surface area contributed by atoms with Crippen molar-refractivity contribution >= 4 is 36.5 Å². The molecule has 0 bridgehead atoms. The van der Waals surface area contributed by atoms with Crippen LogP contribution in [-0.4, -0.2) is 37.1 Å². The van der Waals surface area contributed by atoms with Crippen molar-refractivity contribution in [1.82, 2.24) is 4.98 Å². The van der Waals surface area contributed by atoms with Gasteiger partial charge in [0, 0.05) is 18.0 Å². The number of carbonyl (C=O) groups is 1. The van der Waals surface area contributed by atoms with Gasteiger partial charge in [-0.05, 0) is 76.6 Å². The average Bonchev–Trinajstić information content (AvgIpc) is 2.82. The van der Waals surface area contributed by atoms with E-state index in [1.165, 1.54) is 0 Å². The molecule has 3 rings (SSSR count). The van der Waals surface area contributed by atoms with E-state index in [4.69, 9.17) is 43.2 Å². The summed E-state index contributed by atoms with van der Waals surface area (Å²) < 4.78 is 32.1. The second kappa shape index (κ2) is 22.5. The quantitative estimate of drug-likeness (QED) is 0.149. The monoisotopic (exact) mass is 623 g/mol. The van der Waals surface area contributed by atoms with E-state index >= 15 is 0 Å². The van der Waals surface area contributed by atoms with Crippen LogP contribution in [0.4, 0.5) is 4.79 Å². The molecule has 1 heterocycles. The minimum atomic E-state index is -5.43. The molecule has 40 heavy (non-hydrogen) atoms. The summed E-state index contributed by atoms with van der Waals surface area (Å²) in [6, 6.07) is 12.1. The van der Waals surface area contributed by atoms with Crippen LogP contribution < -0.4 is 123 Å². The standard InChI is InChI=1S/C24H29NO4.CH3O5P.ClH.3Na/c1-5-26-21-10-9-17(14-22(21)27-6-2)13-20-19-16-24(29-8-4)23(28-7-3)15-18(19)11-12-25-20;2-1(3)7(4,5)6;;;;/h9-12,14-16H,5-8,13H2,1-4H3;(H,2,3)(H2,4,5,6);1H;;;/q;;;3*+1/p-3.